The maximum Gasteiger partial charge on any atom is 0.119 e. The van der Waals surface area contributed by atoms with Crippen molar-refractivity contribution < 1.29 is 14.7 Å². The minimum atomic E-state index is -0.333. The van der Waals surface area contributed by atoms with Gasteiger partial charge < -0.3 is 14.7 Å². The van der Waals surface area contributed by atoms with E-state index >= 15 is 0 Å². The summed E-state index contributed by atoms with van der Waals surface area (Å²) >= 11 is 0. The third-order valence-electron chi connectivity index (χ3n) is 6.29. The molecule has 4 aliphatic carbocycles. The summed E-state index contributed by atoms with van der Waals surface area (Å²) in [6.45, 7) is 4.94. The number of hydrogen-bond acceptors (Lipinski definition) is 2. The molecule has 5 fully saturated rings. The van der Waals surface area contributed by atoms with Crippen molar-refractivity contribution in [2.75, 3.05) is 32.8 Å². The summed E-state index contributed by atoms with van der Waals surface area (Å²) in [4.78, 5) is 1.58. The number of aliphatic hydroxyl groups is 1. The van der Waals surface area contributed by atoms with Crippen molar-refractivity contribution in [2.24, 2.45) is 23.7 Å². The predicted molar refractivity (Wildman–Crippen MR) is 68.4 cm³/mol. The van der Waals surface area contributed by atoms with Gasteiger partial charge >= 0.3 is 0 Å². The molecule has 0 amide bonds. The second-order valence-corrected chi connectivity index (χ2v) is 7.33. The van der Waals surface area contributed by atoms with Gasteiger partial charge in [-0.25, -0.2) is 0 Å². The highest BCUT2D eigenvalue weighted by Gasteiger charge is 2.58. The Labute approximate surface area is 109 Å². The molecule has 102 valence electrons. The van der Waals surface area contributed by atoms with Crippen molar-refractivity contribution in [1.82, 2.24) is 0 Å². The van der Waals surface area contributed by atoms with E-state index in [1.807, 2.05) is 0 Å². The van der Waals surface area contributed by atoms with Crippen LogP contribution in [0.25, 0.3) is 0 Å². The lowest BCUT2D eigenvalue weighted by Gasteiger charge is -2.58. The average Bonchev–Trinajstić information content (AvgIpc) is 2.37. The van der Waals surface area contributed by atoms with Crippen LogP contribution in [0.2, 0.25) is 0 Å². The summed E-state index contributed by atoms with van der Waals surface area (Å²) < 4.78 is 5.44. The molecule has 0 atom stereocenters. The summed E-state index contributed by atoms with van der Waals surface area (Å²) in [7, 11) is 0. The Kier molecular flexibility index (Phi) is 2.72. The standard InChI is InChI=1S/C15H25NO2/c17-15(10-16-1-3-18-4-2-16)13-6-11-5-12(8-13)9-14(15)7-11/h11-14,17H,1-10H2/p+1. The molecule has 4 saturated carbocycles. The van der Waals surface area contributed by atoms with Crippen LogP contribution in [0.4, 0.5) is 0 Å². The summed E-state index contributed by atoms with van der Waals surface area (Å²) in [6.07, 6.45) is 6.72. The van der Waals surface area contributed by atoms with E-state index in [1.54, 1.807) is 4.90 Å². The highest BCUT2D eigenvalue weighted by atomic mass is 16.5. The number of quaternary nitrogens is 1. The molecule has 1 aliphatic heterocycles. The maximum absolute atomic E-state index is 11.3. The second kappa shape index (κ2) is 4.19. The highest BCUT2D eigenvalue weighted by Crippen LogP contribution is 2.57. The van der Waals surface area contributed by atoms with E-state index in [0.29, 0.717) is 11.8 Å². The summed E-state index contributed by atoms with van der Waals surface area (Å²) in [5, 5.41) is 11.3. The third kappa shape index (κ3) is 1.75. The molecule has 0 radical (unpaired) electrons. The van der Waals surface area contributed by atoms with Crippen molar-refractivity contribution in [3.05, 3.63) is 0 Å². The lowest BCUT2D eigenvalue weighted by atomic mass is 9.50. The van der Waals surface area contributed by atoms with E-state index in [2.05, 4.69) is 0 Å². The molecule has 18 heavy (non-hydrogen) atoms. The van der Waals surface area contributed by atoms with Gasteiger partial charge in [-0.1, -0.05) is 0 Å². The van der Waals surface area contributed by atoms with Crippen molar-refractivity contribution in [3.8, 4) is 0 Å². The molecule has 0 aromatic rings. The van der Waals surface area contributed by atoms with Gasteiger partial charge in [0, 0.05) is 0 Å². The van der Waals surface area contributed by atoms with Crippen LogP contribution < -0.4 is 4.90 Å². The zero-order valence-corrected chi connectivity index (χ0v) is 11.2. The van der Waals surface area contributed by atoms with Gasteiger partial charge in [0.15, 0.2) is 0 Å². The smallest absolute Gasteiger partial charge is 0.119 e. The first-order chi connectivity index (χ1) is 8.74. The van der Waals surface area contributed by atoms with Gasteiger partial charge in [0.25, 0.3) is 0 Å². The molecular weight excluding hydrogens is 226 g/mol. The minimum Gasteiger partial charge on any atom is -0.383 e. The fourth-order valence-electron chi connectivity index (χ4n) is 5.53. The number of hydrogen-bond donors (Lipinski definition) is 2. The Morgan fingerprint density at radius 1 is 0.944 bits per heavy atom. The molecule has 0 spiro atoms. The van der Waals surface area contributed by atoms with Crippen molar-refractivity contribution >= 4 is 0 Å². The Morgan fingerprint density at radius 2 is 1.50 bits per heavy atom. The van der Waals surface area contributed by atoms with Crippen molar-refractivity contribution in [3.63, 3.8) is 0 Å². The number of ether oxygens (including phenoxy) is 1. The summed E-state index contributed by atoms with van der Waals surface area (Å²) in [6, 6.07) is 0. The second-order valence-electron chi connectivity index (χ2n) is 7.33. The fourth-order valence-corrected chi connectivity index (χ4v) is 5.53. The van der Waals surface area contributed by atoms with E-state index < -0.39 is 0 Å². The van der Waals surface area contributed by atoms with Crippen LogP contribution in [0.5, 0.6) is 0 Å². The van der Waals surface area contributed by atoms with Gasteiger partial charge in [-0.2, -0.15) is 0 Å². The summed E-state index contributed by atoms with van der Waals surface area (Å²) in [5.74, 6) is 3.13. The normalized spacial score (nSPS) is 51.8. The zero-order chi connectivity index (χ0) is 12.2. The molecular formula is C15H26NO2+. The van der Waals surface area contributed by atoms with Gasteiger partial charge in [0.05, 0.1) is 13.2 Å². The van der Waals surface area contributed by atoms with Crippen LogP contribution in [-0.2, 0) is 4.74 Å². The molecule has 5 rings (SSSR count). The number of rotatable bonds is 2. The Hall–Kier alpha value is -0.120. The summed E-state index contributed by atoms with van der Waals surface area (Å²) in [5.41, 5.74) is -0.333. The molecule has 1 saturated heterocycles. The maximum atomic E-state index is 11.3. The molecule has 0 aromatic carbocycles. The predicted octanol–water partition coefficient (Wildman–Crippen LogP) is 0.0887. The molecule has 4 bridgehead atoms. The fraction of sp³-hybridized carbons (Fsp3) is 1.00. The van der Waals surface area contributed by atoms with Gasteiger partial charge in [0.2, 0.25) is 0 Å². The van der Waals surface area contributed by atoms with Crippen LogP contribution >= 0.6 is 0 Å². The van der Waals surface area contributed by atoms with Crippen LogP contribution in [0, 0.1) is 23.7 Å². The van der Waals surface area contributed by atoms with E-state index in [4.69, 9.17) is 4.74 Å². The van der Waals surface area contributed by atoms with Gasteiger partial charge in [-0.3, -0.25) is 0 Å². The number of nitrogens with one attached hydrogen (secondary N) is 1. The monoisotopic (exact) mass is 252 g/mol. The minimum absolute atomic E-state index is 0.333. The Morgan fingerprint density at radius 3 is 2.06 bits per heavy atom. The quantitative estimate of drug-likeness (QED) is 0.730. The molecule has 3 nitrogen and oxygen atoms in total. The number of morpholine rings is 1. The average molecular weight is 252 g/mol. The lowest BCUT2D eigenvalue weighted by molar-refractivity contribution is -0.916. The van der Waals surface area contributed by atoms with E-state index in [1.165, 1.54) is 32.1 Å². The van der Waals surface area contributed by atoms with Crippen LogP contribution in [-0.4, -0.2) is 43.6 Å². The van der Waals surface area contributed by atoms with Crippen LogP contribution in [0.3, 0.4) is 0 Å². The van der Waals surface area contributed by atoms with Gasteiger partial charge in [-0.05, 0) is 55.8 Å². The van der Waals surface area contributed by atoms with Gasteiger partial charge in [-0.15, -0.1) is 0 Å². The molecule has 3 heteroatoms. The van der Waals surface area contributed by atoms with Gasteiger partial charge in [0.1, 0.15) is 25.2 Å². The molecule has 0 unspecified atom stereocenters. The third-order valence-corrected chi connectivity index (χ3v) is 6.29. The van der Waals surface area contributed by atoms with E-state index in [-0.39, 0.29) is 5.60 Å². The molecule has 5 aliphatic rings. The lowest BCUT2D eigenvalue weighted by Crippen LogP contribution is -3.16. The topological polar surface area (TPSA) is 33.9 Å². The first kappa shape index (κ1) is 11.7. The zero-order valence-electron chi connectivity index (χ0n) is 11.2. The largest absolute Gasteiger partial charge is 0.383 e. The molecule has 0 aromatic heterocycles. The first-order valence-corrected chi connectivity index (χ1v) is 7.88. The van der Waals surface area contributed by atoms with Crippen LogP contribution in [0.15, 0.2) is 0 Å². The SMILES string of the molecule is OC1(C[NH+]2CCOCC2)C2CC3CC(C2)CC1C3. The first-order valence-electron chi connectivity index (χ1n) is 7.88. The van der Waals surface area contributed by atoms with E-state index in [9.17, 15) is 5.11 Å². The highest BCUT2D eigenvalue weighted by molar-refractivity contribution is 5.06. The van der Waals surface area contributed by atoms with Crippen molar-refractivity contribution in [2.45, 2.75) is 37.7 Å². The Bertz CT molecular complexity index is 296. The Balaban J connectivity index is 1.51. The molecule has 2 N–H and O–H groups in total. The van der Waals surface area contributed by atoms with Crippen LogP contribution in [0.1, 0.15) is 32.1 Å². The van der Waals surface area contributed by atoms with Crippen molar-refractivity contribution in [1.29, 1.82) is 0 Å². The van der Waals surface area contributed by atoms with E-state index in [0.717, 1.165) is 44.7 Å². The molecule has 1 heterocycles.